The van der Waals surface area contributed by atoms with Gasteiger partial charge >= 0.3 is 0 Å². The van der Waals surface area contributed by atoms with Crippen LogP contribution < -0.4 is 0 Å². The van der Waals surface area contributed by atoms with Crippen molar-refractivity contribution in [1.82, 2.24) is 19.9 Å². The Morgan fingerprint density at radius 3 is 2.92 bits per heavy atom. The molecule has 1 fully saturated rings. The Balaban J connectivity index is 1.64. The second kappa shape index (κ2) is 6.89. The number of nitrogens with one attached hydrogen (secondary N) is 1. The summed E-state index contributed by atoms with van der Waals surface area (Å²) < 4.78 is 0. The highest BCUT2D eigenvalue weighted by atomic mass is 16.2. The van der Waals surface area contributed by atoms with E-state index in [1.807, 2.05) is 41.4 Å². The van der Waals surface area contributed by atoms with E-state index in [0.717, 1.165) is 42.8 Å². The number of carbonyl (C=O) groups is 1. The Morgan fingerprint density at radius 2 is 2.12 bits per heavy atom. The van der Waals surface area contributed by atoms with Crippen molar-refractivity contribution < 1.29 is 4.79 Å². The van der Waals surface area contributed by atoms with Crippen LogP contribution in [-0.2, 0) is 0 Å². The summed E-state index contributed by atoms with van der Waals surface area (Å²) in [5, 5.41) is 0. The van der Waals surface area contributed by atoms with Crippen LogP contribution in [0.15, 0.2) is 61.2 Å². The summed E-state index contributed by atoms with van der Waals surface area (Å²) in [6.07, 6.45) is 10.3. The zero-order valence-electron chi connectivity index (χ0n) is 13.9. The Morgan fingerprint density at radius 1 is 1.16 bits per heavy atom. The Labute approximate surface area is 146 Å². The van der Waals surface area contributed by atoms with E-state index in [2.05, 4.69) is 21.0 Å². The van der Waals surface area contributed by atoms with Crippen LogP contribution in [0.5, 0.6) is 0 Å². The molecule has 0 saturated carbocycles. The van der Waals surface area contributed by atoms with Crippen LogP contribution >= 0.6 is 0 Å². The lowest BCUT2D eigenvalue weighted by molar-refractivity contribution is 0.0611. The molecule has 5 heteroatoms. The predicted molar refractivity (Wildman–Crippen MR) is 95.9 cm³/mol. The first-order chi connectivity index (χ1) is 12.3. The fourth-order valence-corrected chi connectivity index (χ4v) is 3.48. The minimum atomic E-state index is 0.0713. The molecule has 126 valence electrons. The molecule has 5 nitrogen and oxygen atoms in total. The third kappa shape index (κ3) is 3.18. The fourth-order valence-electron chi connectivity index (χ4n) is 3.48. The van der Waals surface area contributed by atoms with Crippen molar-refractivity contribution in [3.63, 3.8) is 0 Å². The molecule has 1 aromatic carbocycles. The van der Waals surface area contributed by atoms with Crippen molar-refractivity contribution in [3.05, 3.63) is 72.3 Å². The lowest BCUT2D eigenvalue weighted by Gasteiger charge is -2.36. The molecule has 0 spiro atoms. The normalized spacial score (nSPS) is 17.4. The number of nitrogens with zero attached hydrogens (tertiary/aromatic N) is 3. The van der Waals surface area contributed by atoms with Gasteiger partial charge in [0.05, 0.1) is 6.04 Å². The zero-order valence-corrected chi connectivity index (χ0v) is 13.9. The maximum Gasteiger partial charge on any atom is 0.254 e. The van der Waals surface area contributed by atoms with E-state index >= 15 is 0 Å². The summed E-state index contributed by atoms with van der Waals surface area (Å²) in [5.74, 6) is 0.846. The molecule has 1 saturated heterocycles. The monoisotopic (exact) mass is 332 g/mol. The number of rotatable bonds is 3. The van der Waals surface area contributed by atoms with Crippen molar-refractivity contribution in [2.75, 3.05) is 6.54 Å². The molecule has 1 aliphatic heterocycles. The Hall–Kier alpha value is -2.95. The average molecular weight is 332 g/mol. The van der Waals surface area contributed by atoms with Gasteiger partial charge in [0.15, 0.2) is 0 Å². The van der Waals surface area contributed by atoms with Gasteiger partial charge in [-0.15, -0.1) is 0 Å². The lowest BCUT2D eigenvalue weighted by atomic mass is 9.95. The molecule has 1 unspecified atom stereocenters. The van der Waals surface area contributed by atoms with E-state index < -0.39 is 0 Å². The maximum absolute atomic E-state index is 13.2. The topological polar surface area (TPSA) is 61.9 Å². The van der Waals surface area contributed by atoms with Crippen LogP contribution in [0.25, 0.3) is 11.4 Å². The van der Waals surface area contributed by atoms with Crippen LogP contribution in [0, 0.1) is 0 Å². The van der Waals surface area contributed by atoms with Crippen LogP contribution in [-0.4, -0.2) is 32.3 Å². The molecule has 1 aliphatic rings. The zero-order chi connectivity index (χ0) is 17.1. The Kier molecular flexibility index (Phi) is 4.29. The SMILES string of the molecule is O=C(c1cccc(-c2ncc[nH]2)c1)N1CCCCC1c1cccnc1. The number of benzene rings is 1. The van der Waals surface area contributed by atoms with Gasteiger partial charge in [-0.2, -0.15) is 0 Å². The van der Waals surface area contributed by atoms with E-state index in [9.17, 15) is 4.79 Å². The van der Waals surface area contributed by atoms with Crippen LogP contribution in [0.2, 0.25) is 0 Å². The average Bonchev–Trinajstić information content (AvgIpc) is 3.23. The summed E-state index contributed by atoms with van der Waals surface area (Å²) in [7, 11) is 0. The molecule has 0 aliphatic carbocycles. The number of hydrogen-bond donors (Lipinski definition) is 1. The van der Waals surface area contributed by atoms with Gasteiger partial charge in [0.2, 0.25) is 0 Å². The summed E-state index contributed by atoms with van der Waals surface area (Å²) >= 11 is 0. The largest absolute Gasteiger partial charge is 0.345 e. The first kappa shape index (κ1) is 15.6. The van der Waals surface area contributed by atoms with Gasteiger partial charge in [0.1, 0.15) is 5.82 Å². The van der Waals surface area contributed by atoms with E-state index in [1.165, 1.54) is 0 Å². The van der Waals surface area contributed by atoms with Gasteiger partial charge in [-0.1, -0.05) is 18.2 Å². The minimum absolute atomic E-state index is 0.0713. The third-order valence-electron chi connectivity index (χ3n) is 4.71. The van der Waals surface area contributed by atoms with E-state index in [-0.39, 0.29) is 11.9 Å². The van der Waals surface area contributed by atoms with Gasteiger partial charge in [-0.05, 0) is 43.0 Å². The minimum Gasteiger partial charge on any atom is -0.345 e. The van der Waals surface area contributed by atoms with Gasteiger partial charge in [-0.3, -0.25) is 9.78 Å². The number of aromatic nitrogens is 3. The van der Waals surface area contributed by atoms with Gasteiger partial charge in [-0.25, -0.2) is 4.98 Å². The summed E-state index contributed by atoms with van der Waals surface area (Å²) in [4.78, 5) is 26.8. The third-order valence-corrected chi connectivity index (χ3v) is 4.71. The van der Waals surface area contributed by atoms with Crippen molar-refractivity contribution in [1.29, 1.82) is 0 Å². The number of likely N-dealkylation sites (tertiary alicyclic amines) is 1. The second-order valence-corrected chi connectivity index (χ2v) is 6.32. The Bertz CT molecular complexity index is 845. The molecule has 3 aromatic rings. The highest BCUT2D eigenvalue weighted by Gasteiger charge is 2.28. The van der Waals surface area contributed by atoms with Crippen molar-refractivity contribution in [2.24, 2.45) is 0 Å². The summed E-state index contributed by atoms with van der Waals surface area (Å²) in [6, 6.07) is 11.8. The quantitative estimate of drug-likeness (QED) is 0.792. The van der Waals surface area contributed by atoms with Crippen LogP contribution in [0.3, 0.4) is 0 Å². The molecule has 2 aromatic heterocycles. The number of piperidine rings is 1. The number of pyridine rings is 1. The molecule has 1 N–H and O–H groups in total. The maximum atomic E-state index is 13.2. The fraction of sp³-hybridized carbons (Fsp3) is 0.250. The smallest absolute Gasteiger partial charge is 0.254 e. The van der Waals surface area contributed by atoms with Gasteiger partial charge in [0.25, 0.3) is 5.91 Å². The van der Waals surface area contributed by atoms with E-state index in [1.54, 1.807) is 18.6 Å². The number of carbonyl (C=O) groups excluding carboxylic acids is 1. The van der Waals surface area contributed by atoms with Gasteiger partial charge < -0.3 is 9.88 Å². The number of hydrogen-bond acceptors (Lipinski definition) is 3. The summed E-state index contributed by atoms with van der Waals surface area (Å²) in [6.45, 7) is 0.781. The molecule has 3 heterocycles. The summed E-state index contributed by atoms with van der Waals surface area (Å²) in [5.41, 5.74) is 2.73. The van der Waals surface area contributed by atoms with Crippen molar-refractivity contribution in [2.45, 2.75) is 25.3 Å². The number of H-pyrrole nitrogens is 1. The highest BCUT2D eigenvalue weighted by Crippen LogP contribution is 2.32. The molecular formula is C20H20N4O. The molecule has 4 rings (SSSR count). The van der Waals surface area contributed by atoms with Crippen molar-refractivity contribution in [3.8, 4) is 11.4 Å². The number of aromatic amines is 1. The highest BCUT2D eigenvalue weighted by molar-refractivity contribution is 5.95. The van der Waals surface area contributed by atoms with Gasteiger partial charge in [0, 0.05) is 42.5 Å². The molecular weight excluding hydrogens is 312 g/mol. The number of imidazole rings is 1. The molecule has 0 bridgehead atoms. The molecule has 25 heavy (non-hydrogen) atoms. The van der Waals surface area contributed by atoms with Crippen LogP contribution in [0.1, 0.15) is 41.2 Å². The lowest BCUT2D eigenvalue weighted by Crippen LogP contribution is -2.38. The van der Waals surface area contributed by atoms with E-state index in [4.69, 9.17) is 0 Å². The standard InChI is InChI=1S/C20H20N4O/c25-20(16-6-3-5-15(13-16)19-22-10-11-23-19)24-12-2-1-8-18(24)17-7-4-9-21-14-17/h3-7,9-11,13-14,18H,1-2,8,12H2,(H,22,23). The molecule has 1 atom stereocenters. The first-order valence-corrected chi connectivity index (χ1v) is 8.63. The number of amides is 1. The molecule has 0 radical (unpaired) electrons. The predicted octanol–water partition coefficient (Wildman–Crippen LogP) is 3.84. The van der Waals surface area contributed by atoms with Crippen LogP contribution in [0.4, 0.5) is 0 Å². The van der Waals surface area contributed by atoms with Crippen molar-refractivity contribution >= 4 is 5.91 Å². The molecule has 1 amide bonds. The first-order valence-electron chi connectivity index (χ1n) is 8.63. The van der Waals surface area contributed by atoms with E-state index in [0.29, 0.717) is 5.56 Å². The second-order valence-electron chi connectivity index (χ2n) is 6.32.